The molecule has 0 aliphatic carbocycles. The molecule has 7 nitrogen and oxygen atoms in total. The van der Waals surface area contributed by atoms with E-state index in [0.717, 1.165) is 22.8 Å². The van der Waals surface area contributed by atoms with Crippen molar-refractivity contribution in [2.24, 2.45) is 5.84 Å². The summed E-state index contributed by atoms with van der Waals surface area (Å²) in [5.41, 5.74) is 9.31. The molecule has 0 radical (unpaired) electrons. The Morgan fingerprint density at radius 2 is 2.10 bits per heavy atom. The predicted molar refractivity (Wildman–Crippen MR) is 82.4 cm³/mol. The summed E-state index contributed by atoms with van der Waals surface area (Å²) in [6.45, 7) is 2.97. The zero-order valence-corrected chi connectivity index (χ0v) is 11.6. The van der Waals surface area contributed by atoms with Gasteiger partial charge in [0.2, 0.25) is 0 Å². The topological polar surface area (TPSA) is 97.0 Å². The summed E-state index contributed by atoms with van der Waals surface area (Å²) in [5, 5.41) is 2.24. The molecule has 3 aromatic rings. The van der Waals surface area contributed by atoms with Gasteiger partial charge in [0, 0.05) is 22.8 Å². The fourth-order valence-corrected chi connectivity index (χ4v) is 2.51. The fourth-order valence-electron chi connectivity index (χ4n) is 2.51. The van der Waals surface area contributed by atoms with Gasteiger partial charge < -0.3 is 4.57 Å². The van der Waals surface area contributed by atoms with Crippen LogP contribution in [0.4, 0.5) is 10.6 Å². The van der Waals surface area contributed by atoms with E-state index in [4.69, 9.17) is 5.84 Å². The highest BCUT2D eigenvalue weighted by molar-refractivity contribution is 6.08. The van der Waals surface area contributed by atoms with Gasteiger partial charge in [-0.25, -0.2) is 21.0 Å². The Morgan fingerprint density at radius 3 is 2.86 bits per heavy atom. The lowest BCUT2D eigenvalue weighted by Crippen LogP contribution is -2.42. The van der Waals surface area contributed by atoms with E-state index in [9.17, 15) is 4.79 Å². The molecule has 1 aromatic carbocycles. The average Bonchev–Trinajstić information content (AvgIpc) is 2.85. The molecule has 5 N–H and O–H groups in total. The number of hydrogen-bond acceptors (Lipinski definition) is 4. The van der Waals surface area contributed by atoms with Gasteiger partial charge >= 0.3 is 6.03 Å². The highest BCUT2D eigenvalue weighted by Crippen LogP contribution is 2.29. The maximum absolute atomic E-state index is 11.1. The number of para-hydroxylation sites is 1. The van der Waals surface area contributed by atoms with Gasteiger partial charge in [-0.2, -0.15) is 0 Å². The van der Waals surface area contributed by atoms with E-state index >= 15 is 0 Å². The molecule has 0 bridgehead atoms. The quantitative estimate of drug-likeness (QED) is 0.334. The summed E-state index contributed by atoms with van der Waals surface area (Å²) in [6.07, 6.45) is 1.79. The Labute approximate surface area is 121 Å². The number of urea groups is 1. The zero-order chi connectivity index (χ0) is 14.8. The van der Waals surface area contributed by atoms with Crippen LogP contribution in [0.5, 0.6) is 0 Å². The summed E-state index contributed by atoms with van der Waals surface area (Å²) < 4.78 is 2.21. The van der Waals surface area contributed by atoms with E-state index < -0.39 is 6.03 Å². The summed E-state index contributed by atoms with van der Waals surface area (Å²) in [5.74, 6) is 5.54. The normalized spacial score (nSPS) is 10.8. The van der Waals surface area contributed by atoms with Crippen LogP contribution in [0.25, 0.3) is 21.8 Å². The molecule has 0 unspecified atom stereocenters. The summed E-state index contributed by atoms with van der Waals surface area (Å²) in [6, 6.07) is 9.57. The van der Waals surface area contributed by atoms with Crippen molar-refractivity contribution in [3.8, 4) is 0 Å². The second-order valence-corrected chi connectivity index (χ2v) is 4.57. The molecule has 0 saturated heterocycles. The van der Waals surface area contributed by atoms with Crippen LogP contribution < -0.4 is 22.1 Å². The Balaban J connectivity index is 2.08. The number of nitrogens with one attached hydrogen (secondary N) is 3. The van der Waals surface area contributed by atoms with Gasteiger partial charge in [0.05, 0.1) is 11.7 Å². The first-order chi connectivity index (χ1) is 10.2. The number of fused-ring (bicyclic) bond motifs is 3. The first kappa shape index (κ1) is 13.2. The number of anilines is 1. The van der Waals surface area contributed by atoms with Gasteiger partial charge in [0.1, 0.15) is 5.82 Å². The van der Waals surface area contributed by atoms with Crippen LogP contribution in [-0.2, 0) is 6.54 Å². The van der Waals surface area contributed by atoms with Crippen LogP contribution in [0.1, 0.15) is 6.92 Å². The monoisotopic (exact) mass is 284 g/mol. The number of aryl methyl sites for hydroxylation is 1. The summed E-state index contributed by atoms with van der Waals surface area (Å²) in [7, 11) is 0. The predicted octanol–water partition coefficient (Wildman–Crippen LogP) is 1.71. The summed E-state index contributed by atoms with van der Waals surface area (Å²) in [4.78, 5) is 15.4. The third-order valence-corrected chi connectivity index (χ3v) is 3.41. The van der Waals surface area contributed by atoms with Gasteiger partial charge in [-0.15, -0.1) is 0 Å². The molecule has 0 aliphatic rings. The van der Waals surface area contributed by atoms with Crippen molar-refractivity contribution in [1.82, 2.24) is 20.4 Å². The number of benzene rings is 1. The van der Waals surface area contributed by atoms with Crippen LogP contribution in [0, 0.1) is 0 Å². The second kappa shape index (κ2) is 5.29. The molecule has 21 heavy (non-hydrogen) atoms. The van der Waals surface area contributed by atoms with Crippen molar-refractivity contribution < 1.29 is 4.79 Å². The summed E-state index contributed by atoms with van der Waals surface area (Å²) >= 11 is 0. The highest BCUT2D eigenvalue weighted by atomic mass is 16.2. The number of pyridine rings is 1. The molecule has 0 fully saturated rings. The lowest BCUT2D eigenvalue weighted by Gasteiger charge is -2.07. The van der Waals surface area contributed by atoms with Crippen molar-refractivity contribution in [2.45, 2.75) is 13.5 Å². The van der Waals surface area contributed by atoms with Crippen molar-refractivity contribution in [3.63, 3.8) is 0 Å². The van der Waals surface area contributed by atoms with E-state index in [1.165, 1.54) is 5.52 Å². The van der Waals surface area contributed by atoms with Gasteiger partial charge in [-0.1, -0.05) is 18.2 Å². The number of carbonyl (C=O) groups is 1. The molecular formula is C14H16N6O. The van der Waals surface area contributed by atoms with Gasteiger partial charge in [-0.3, -0.25) is 10.9 Å². The zero-order valence-electron chi connectivity index (χ0n) is 11.6. The number of rotatable bonds is 3. The Morgan fingerprint density at radius 1 is 1.29 bits per heavy atom. The largest absolute Gasteiger partial charge is 0.347 e. The van der Waals surface area contributed by atoms with Crippen LogP contribution in [-0.4, -0.2) is 15.6 Å². The van der Waals surface area contributed by atoms with Crippen LogP contribution >= 0.6 is 0 Å². The molecule has 3 rings (SSSR count). The van der Waals surface area contributed by atoms with Crippen molar-refractivity contribution >= 4 is 33.7 Å². The Bertz CT molecular complexity index is 810. The lowest BCUT2D eigenvalue weighted by atomic mass is 10.2. The molecular weight excluding hydrogens is 268 g/mol. The van der Waals surface area contributed by atoms with E-state index in [-0.39, 0.29) is 0 Å². The van der Waals surface area contributed by atoms with Crippen molar-refractivity contribution in [2.75, 3.05) is 5.43 Å². The SMILES string of the molecule is CCn1c2ccccc2c2cc(NNC(=O)NN)ncc21. The number of hydrazine groups is 2. The number of nitrogens with zero attached hydrogens (tertiary/aromatic N) is 2. The lowest BCUT2D eigenvalue weighted by molar-refractivity contribution is 0.243. The second-order valence-electron chi connectivity index (χ2n) is 4.57. The number of nitrogens with two attached hydrogens (primary N) is 1. The van der Waals surface area contributed by atoms with Crippen LogP contribution in [0.3, 0.4) is 0 Å². The first-order valence-electron chi connectivity index (χ1n) is 6.64. The molecule has 7 heteroatoms. The van der Waals surface area contributed by atoms with Gasteiger partial charge in [-0.05, 0) is 19.1 Å². The average molecular weight is 284 g/mol. The van der Waals surface area contributed by atoms with Crippen LogP contribution in [0.2, 0.25) is 0 Å². The molecule has 2 heterocycles. The molecule has 108 valence electrons. The standard InChI is InChI=1S/C14H16N6O/c1-2-20-11-6-4-3-5-9(11)10-7-13(16-8-12(10)20)18-19-14(21)17-15/h3-8H,2,15H2,1H3,(H,16,18)(H2,17,19,21). The number of amides is 2. The van der Waals surface area contributed by atoms with E-state index in [1.807, 2.05) is 23.6 Å². The highest BCUT2D eigenvalue weighted by Gasteiger charge is 2.10. The molecule has 2 aromatic heterocycles. The number of carbonyl (C=O) groups excluding carboxylic acids is 1. The maximum Gasteiger partial charge on any atom is 0.347 e. The molecule has 0 saturated carbocycles. The van der Waals surface area contributed by atoms with E-state index in [0.29, 0.717) is 5.82 Å². The smallest absolute Gasteiger partial charge is 0.339 e. The molecule has 0 aliphatic heterocycles. The number of hydrogen-bond donors (Lipinski definition) is 4. The minimum atomic E-state index is -0.534. The van der Waals surface area contributed by atoms with E-state index in [2.05, 4.69) is 39.5 Å². The third-order valence-electron chi connectivity index (χ3n) is 3.41. The minimum absolute atomic E-state index is 0.534. The van der Waals surface area contributed by atoms with Crippen molar-refractivity contribution in [1.29, 1.82) is 0 Å². The van der Waals surface area contributed by atoms with Crippen LogP contribution in [0.15, 0.2) is 36.5 Å². The Hall–Kier alpha value is -2.80. The Kier molecular flexibility index (Phi) is 3.33. The maximum atomic E-state index is 11.1. The fraction of sp³-hybridized carbons (Fsp3) is 0.143. The van der Waals surface area contributed by atoms with E-state index in [1.54, 1.807) is 6.20 Å². The first-order valence-corrected chi connectivity index (χ1v) is 6.64. The number of aromatic nitrogens is 2. The molecule has 0 spiro atoms. The van der Waals surface area contributed by atoms with Gasteiger partial charge in [0.15, 0.2) is 0 Å². The molecule has 0 atom stereocenters. The molecule has 2 amide bonds. The minimum Gasteiger partial charge on any atom is -0.339 e. The van der Waals surface area contributed by atoms with Gasteiger partial charge in [0.25, 0.3) is 0 Å². The van der Waals surface area contributed by atoms with Crippen molar-refractivity contribution in [3.05, 3.63) is 36.5 Å². The third kappa shape index (κ3) is 2.23.